The third kappa shape index (κ3) is 3.38. The van der Waals surface area contributed by atoms with Gasteiger partial charge >= 0.3 is 5.97 Å². The molecule has 0 aliphatic rings. The van der Waals surface area contributed by atoms with Gasteiger partial charge in [-0.3, -0.25) is 4.79 Å². The first kappa shape index (κ1) is 12.3. The second-order valence-corrected chi connectivity index (χ2v) is 3.94. The van der Waals surface area contributed by atoms with Crippen LogP contribution in [0, 0.1) is 0 Å². The first-order chi connectivity index (χ1) is 7.02. The van der Waals surface area contributed by atoms with Crippen LogP contribution in [0.1, 0.15) is 12.5 Å². The molecule has 3 nitrogen and oxygen atoms in total. The fraction of sp³-hybridized carbons (Fsp3) is 0.300. The Balaban J connectivity index is 2.66. The summed E-state index contributed by atoms with van der Waals surface area (Å²) in [5.41, 5.74) is 0.789. The van der Waals surface area contributed by atoms with E-state index in [1.165, 1.54) is 0 Å². The minimum Gasteiger partial charge on any atom is -0.480 e. The van der Waals surface area contributed by atoms with Crippen LogP contribution in [0.4, 0.5) is 0 Å². The highest BCUT2D eigenvalue weighted by atomic mass is 35.5. The van der Waals surface area contributed by atoms with Gasteiger partial charge in [-0.2, -0.15) is 0 Å². The van der Waals surface area contributed by atoms with Crippen LogP contribution in [0.3, 0.4) is 0 Å². The molecular weight excluding hydrogens is 237 g/mol. The number of hydrogen-bond acceptors (Lipinski definition) is 2. The van der Waals surface area contributed by atoms with Gasteiger partial charge in [0.25, 0.3) is 0 Å². The smallest absolute Gasteiger partial charge is 0.320 e. The van der Waals surface area contributed by atoms with Gasteiger partial charge in [-0.1, -0.05) is 35.3 Å². The van der Waals surface area contributed by atoms with E-state index in [4.69, 9.17) is 28.3 Å². The van der Waals surface area contributed by atoms with Crippen molar-refractivity contribution < 1.29 is 9.90 Å². The highest BCUT2D eigenvalue weighted by Crippen LogP contribution is 2.25. The molecule has 0 aliphatic carbocycles. The zero-order chi connectivity index (χ0) is 11.4. The topological polar surface area (TPSA) is 49.3 Å². The molecule has 0 saturated carbocycles. The number of benzene rings is 1. The number of rotatable bonds is 4. The SMILES string of the molecule is C[C@H](NCc1cccc(Cl)c1Cl)C(=O)O. The van der Waals surface area contributed by atoms with Gasteiger partial charge in [0.15, 0.2) is 0 Å². The maximum atomic E-state index is 10.6. The van der Waals surface area contributed by atoms with Crippen molar-refractivity contribution in [3.8, 4) is 0 Å². The lowest BCUT2D eigenvalue weighted by Gasteiger charge is -2.10. The predicted molar refractivity (Wildman–Crippen MR) is 60.4 cm³/mol. The number of carbonyl (C=O) groups is 1. The largest absolute Gasteiger partial charge is 0.480 e. The molecule has 15 heavy (non-hydrogen) atoms. The summed E-state index contributed by atoms with van der Waals surface area (Å²) in [7, 11) is 0. The third-order valence-electron chi connectivity index (χ3n) is 2.00. The number of carboxylic acid groups (broad SMARTS) is 1. The summed E-state index contributed by atoms with van der Waals surface area (Å²) in [6.45, 7) is 1.95. The quantitative estimate of drug-likeness (QED) is 0.860. The van der Waals surface area contributed by atoms with E-state index in [-0.39, 0.29) is 0 Å². The molecule has 0 bridgehead atoms. The summed E-state index contributed by atoms with van der Waals surface area (Å²) in [6.07, 6.45) is 0. The monoisotopic (exact) mass is 247 g/mol. The molecular formula is C10H11Cl2NO2. The molecule has 0 saturated heterocycles. The van der Waals surface area contributed by atoms with Crippen LogP contribution in [0.15, 0.2) is 18.2 Å². The predicted octanol–water partition coefficient (Wildman–Crippen LogP) is 2.56. The number of carboxylic acids is 1. The average Bonchev–Trinajstić information content (AvgIpc) is 2.19. The lowest BCUT2D eigenvalue weighted by molar-refractivity contribution is -0.139. The molecule has 1 aromatic carbocycles. The van der Waals surface area contributed by atoms with Crippen LogP contribution in [0.25, 0.3) is 0 Å². The molecule has 0 fully saturated rings. The first-order valence-electron chi connectivity index (χ1n) is 4.41. The Morgan fingerprint density at radius 3 is 2.80 bits per heavy atom. The Morgan fingerprint density at radius 2 is 2.20 bits per heavy atom. The second-order valence-electron chi connectivity index (χ2n) is 3.15. The van der Waals surface area contributed by atoms with Crippen molar-refractivity contribution in [1.29, 1.82) is 0 Å². The highest BCUT2D eigenvalue weighted by molar-refractivity contribution is 6.42. The van der Waals surface area contributed by atoms with E-state index in [2.05, 4.69) is 5.32 Å². The lowest BCUT2D eigenvalue weighted by Crippen LogP contribution is -2.33. The molecule has 2 N–H and O–H groups in total. The Labute approximate surface area is 98.0 Å². The van der Waals surface area contributed by atoms with Crippen molar-refractivity contribution in [2.75, 3.05) is 0 Å². The van der Waals surface area contributed by atoms with Crippen LogP contribution in [-0.4, -0.2) is 17.1 Å². The van der Waals surface area contributed by atoms with Gasteiger partial charge in [-0.25, -0.2) is 0 Å². The van der Waals surface area contributed by atoms with Crippen molar-refractivity contribution in [3.63, 3.8) is 0 Å². The molecule has 0 spiro atoms. The fourth-order valence-electron chi connectivity index (χ4n) is 1.04. The van der Waals surface area contributed by atoms with Gasteiger partial charge in [-0.05, 0) is 18.6 Å². The summed E-state index contributed by atoms with van der Waals surface area (Å²) in [6, 6.07) is 4.65. The third-order valence-corrected chi connectivity index (χ3v) is 2.86. The van der Waals surface area contributed by atoms with Crippen LogP contribution in [-0.2, 0) is 11.3 Å². The van der Waals surface area contributed by atoms with E-state index in [9.17, 15) is 4.79 Å². The van der Waals surface area contributed by atoms with Crippen molar-refractivity contribution >= 4 is 29.2 Å². The van der Waals surface area contributed by atoms with Crippen LogP contribution >= 0.6 is 23.2 Å². The zero-order valence-electron chi connectivity index (χ0n) is 8.13. The highest BCUT2D eigenvalue weighted by Gasteiger charge is 2.11. The summed E-state index contributed by atoms with van der Waals surface area (Å²) in [5.74, 6) is -0.895. The Kier molecular flexibility index (Phi) is 4.39. The molecule has 0 radical (unpaired) electrons. The van der Waals surface area contributed by atoms with Crippen molar-refractivity contribution in [2.45, 2.75) is 19.5 Å². The van der Waals surface area contributed by atoms with E-state index in [1.54, 1.807) is 25.1 Å². The zero-order valence-corrected chi connectivity index (χ0v) is 9.64. The van der Waals surface area contributed by atoms with E-state index < -0.39 is 12.0 Å². The fourth-order valence-corrected chi connectivity index (χ4v) is 1.42. The van der Waals surface area contributed by atoms with Gasteiger partial charge in [0, 0.05) is 6.54 Å². The van der Waals surface area contributed by atoms with Gasteiger partial charge in [0.2, 0.25) is 0 Å². The van der Waals surface area contributed by atoms with E-state index in [1.807, 2.05) is 0 Å². The lowest BCUT2D eigenvalue weighted by atomic mass is 10.2. The Hall–Kier alpha value is -0.770. The van der Waals surface area contributed by atoms with Crippen LogP contribution in [0.5, 0.6) is 0 Å². The minimum absolute atomic E-state index is 0.382. The second kappa shape index (κ2) is 5.35. The molecule has 0 amide bonds. The summed E-state index contributed by atoms with van der Waals surface area (Å²) in [5, 5.41) is 12.4. The Morgan fingerprint density at radius 1 is 1.53 bits per heavy atom. The molecule has 1 atom stereocenters. The number of nitrogens with one attached hydrogen (secondary N) is 1. The van der Waals surface area contributed by atoms with Gasteiger partial charge in [0.1, 0.15) is 6.04 Å². The van der Waals surface area contributed by atoms with E-state index in [0.29, 0.717) is 16.6 Å². The summed E-state index contributed by atoms with van der Waals surface area (Å²) in [4.78, 5) is 10.6. The molecule has 1 aromatic rings. The van der Waals surface area contributed by atoms with Gasteiger partial charge in [-0.15, -0.1) is 0 Å². The first-order valence-corrected chi connectivity index (χ1v) is 5.17. The van der Waals surface area contributed by atoms with E-state index in [0.717, 1.165) is 5.56 Å². The van der Waals surface area contributed by atoms with E-state index >= 15 is 0 Å². The molecule has 82 valence electrons. The molecule has 0 aromatic heterocycles. The molecule has 0 aliphatic heterocycles. The molecule has 0 unspecified atom stereocenters. The molecule has 0 heterocycles. The number of halogens is 2. The van der Waals surface area contributed by atoms with Crippen LogP contribution < -0.4 is 5.32 Å². The Bertz CT molecular complexity index is 368. The standard InChI is InChI=1S/C10H11Cl2NO2/c1-6(10(14)15)13-5-7-3-2-4-8(11)9(7)12/h2-4,6,13H,5H2,1H3,(H,14,15)/t6-/m0/s1. The van der Waals surface area contributed by atoms with Gasteiger partial charge in [0.05, 0.1) is 10.0 Å². The van der Waals surface area contributed by atoms with Gasteiger partial charge < -0.3 is 10.4 Å². The number of hydrogen-bond donors (Lipinski definition) is 2. The summed E-state index contributed by atoms with van der Waals surface area (Å²) < 4.78 is 0. The van der Waals surface area contributed by atoms with Crippen LogP contribution in [0.2, 0.25) is 10.0 Å². The maximum Gasteiger partial charge on any atom is 0.320 e. The summed E-state index contributed by atoms with van der Waals surface area (Å²) >= 11 is 11.8. The van der Waals surface area contributed by atoms with Crippen molar-refractivity contribution in [3.05, 3.63) is 33.8 Å². The maximum absolute atomic E-state index is 10.6. The normalized spacial score (nSPS) is 12.5. The van der Waals surface area contributed by atoms with Crippen molar-refractivity contribution in [2.24, 2.45) is 0 Å². The minimum atomic E-state index is -0.895. The number of aliphatic carboxylic acids is 1. The van der Waals surface area contributed by atoms with Crippen molar-refractivity contribution in [1.82, 2.24) is 5.32 Å². The molecule has 1 rings (SSSR count). The molecule has 5 heteroatoms. The average molecular weight is 248 g/mol.